The van der Waals surface area contributed by atoms with Crippen LogP contribution in [0.1, 0.15) is 359 Å². The van der Waals surface area contributed by atoms with E-state index in [4.69, 9.17) is 4.74 Å². The third-order valence-electron chi connectivity index (χ3n) is 22.9. The van der Waals surface area contributed by atoms with Crippen LogP contribution in [0.4, 0.5) is 0 Å². The van der Waals surface area contributed by atoms with E-state index in [9.17, 15) is 0 Å². The molecule has 9 heterocycles. The summed E-state index contributed by atoms with van der Waals surface area (Å²) in [6.07, 6.45) is 34.5. The second-order valence-electron chi connectivity index (χ2n) is 35.6. The minimum Gasteiger partial charge on any atom is -0.373 e. The lowest BCUT2D eigenvalue weighted by Gasteiger charge is -2.47. The van der Waals surface area contributed by atoms with Crippen LogP contribution < -0.4 is 0 Å². The summed E-state index contributed by atoms with van der Waals surface area (Å²) < 4.78 is 5.62. The van der Waals surface area contributed by atoms with Crippen LogP contribution in [0.25, 0.3) is 0 Å². The van der Waals surface area contributed by atoms with Gasteiger partial charge in [-0.05, 0) is 370 Å². The summed E-state index contributed by atoms with van der Waals surface area (Å²) in [4.78, 5) is 24.9. The number of morpholine rings is 1. The van der Waals surface area contributed by atoms with Gasteiger partial charge >= 0.3 is 0 Å². The third-order valence-corrected chi connectivity index (χ3v) is 22.9. The molecule has 1 aromatic heterocycles. The van der Waals surface area contributed by atoms with Gasteiger partial charge in [0, 0.05) is 116 Å². The fourth-order valence-electron chi connectivity index (χ4n) is 17.6. The predicted octanol–water partition coefficient (Wildman–Crippen LogP) is 21.5. The number of likely N-dealkylation sites (tertiary alicyclic amines) is 7. The number of aromatic nitrogens is 1. The molecule has 9 aliphatic rings. The summed E-state index contributed by atoms with van der Waals surface area (Å²) in [5.74, 6) is 2.80. The van der Waals surface area contributed by atoms with Crippen molar-refractivity contribution in [2.75, 3.05) is 65.4 Å². The Morgan fingerprint density at radius 2 is 0.781 bits per heavy atom. The van der Waals surface area contributed by atoms with Gasteiger partial charge in [0.2, 0.25) is 0 Å². The Bertz CT molecular complexity index is 1940. The van der Waals surface area contributed by atoms with Crippen LogP contribution in [0, 0.1) is 25.7 Å². The lowest BCUT2D eigenvalue weighted by molar-refractivity contribution is -0.0764. The van der Waals surface area contributed by atoms with Gasteiger partial charge in [-0.3, -0.25) is 34.4 Å². The first-order chi connectivity index (χ1) is 44.4. The molecule has 0 amide bonds. The number of piperidine rings is 6. The Balaban J connectivity index is 0.000000540. The molecule has 0 N–H and O–H groups in total. The van der Waals surface area contributed by atoms with E-state index in [1.807, 2.05) is 12.4 Å². The number of hydrogen-bond donors (Lipinski definition) is 0. The molecular weight excluding hydrogens is 1180 g/mol. The van der Waals surface area contributed by atoms with Crippen molar-refractivity contribution in [3.05, 3.63) is 29.1 Å². The van der Waals surface area contributed by atoms with Crippen molar-refractivity contribution >= 4 is 0 Å². The molecule has 0 spiro atoms. The maximum Gasteiger partial charge on any atom is 0.0678 e. The number of aryl methyl sites for hydroxylation is 2. The smallest absolute Gasteiger partial charge is 0.0678 e. The number of rotatable bonds is 9. The first kappa shape index (κ1) is 92.8. The van der Waals surface area contributed by atoms with Gasteiger partial charge in [0.05, 0.1) is 12.2 Å². The van der Waals surface area contributed by atoms with Crippen molar-refractivity contribution in [2.24, 2.45) is 11.8 Å². The molecule has 3 unspecified atom stereocenters. The van der Waals surface area contributed by atoms with Crippen LogP contribution in [0.3, 0.4) is 0 Å². The lowest BCUT2D eigenvalue weighted by atomic mass is 9.89. The number of hydrogen-bond acceptors (Lipinski definition) is 10. The topological polar surface area (TPSA) is 48.0 Å². The molecule has 0 aromatic carbocycles. The van der Waals surface area contributed by atoms with E-state index >= 15 is 0 Å². The highest BCUT2D eigenvalue weighted by atomic mass is 16.5. The van der Waals surface area contributed by atoms with E-state index in [0.29, 0.717) is 41.3 Å². The maximum atomic E-state index is 5.62. The van der Waals surface area contributed by atoms with E-state index < -0.39 is 0 Å². The van der Waals surface area contributed by atoms with E-state index in [2.05, 4.69) is 252 Å². The Hall–Kier alpha value is -1.21. The largest absolute Gasteiger partial charge is 0.373 e. The van der Waals surface area contributed by atoms with Crippen molar-refractivity contribution in [2.45, 2.75) is 452 Å². The molecular formula is C86H175N9O. The number of nitrogens with zero attached hydrogens (tertiary/aromatic N) is 9. The van der Waals surface area contributed by atoms with E-state index in [1.165, 1.54) is 204 Å². The third kappa shape index (κ3) is 35.8. The van der Waals surface area contributed by atoms with Crippen LogP contribution in [-0.2, 0) is 4.74 Å². The van der Waals surface area contributed by atoms with Crippen molar-refractivity contribution in [3.63, 3.8) is 0 Å². The fourth-order valence-corrected chi connectivity index (χ4v) is 17.6. The average molecular weight is 1350 g/mol. The van der Waals surface area contributed by atoms with Gasteiger partial charge in [0.15, 0.2) is 0 Å². The Morgan fingerprint density at radius 1 is 0.396 bits per heavy atom. The van der Waals surface area contributed by atoms with E-state index in [-0.39, 0.29) is 7.43 Å². The standard InChI is InChI=1S/C11H23N.C10H19N.C10H15N.C10H21N.C9H19NO.3C9H19N.C8H17N.CH4/c1-9-7-6-8-10(2)12(9)11(3,4)5;1-8(2)11-6-5-10(7-11)9-3-4-9;1-7(2)10-8(3)5-11-6-9(10)4;1-9(2)11-8-6-5-7-10(11,3)4;1-7(2)10-5-8(3)11-9(4)6-10;3*1-8(2)10-7-5-4-6-9(10)3;1-8(2)9-6-4-3-5-7-9;/h9-10H,6-8H2,1-5H3;8-10H,3-7H2,1-2H3;5-7H,1-4H3;9H,5-8H2,1-4H3;7-9H,5-6H2,1-4H3;3*8-9H,4-7H2,1-3H3;8H,3-7H2,1-2H3;1H4/t;10-;;;8-,9+;2*9-;;;/m.1...11.../s1. The average Bonchev–Trinajstić information content (AvgIpc) is 1.23. The van der Waals surface area contributed by atoms with Crippen molar-refractivity contribution in [1.29, 1.82) is 0 Å². The molecule has 9 fully saturated rings. The molecule has 8 atom stereocenters. The summed E-state index contributed by atoms with van der Waals surface area (Å²) in [6, 6.07) is 9.18. The molecule has 1 aliphatic carbocycles. The molecule has 10 heteroatoms. The Kier molecular flexibility index (Phi) is 46.3. The second-order valence-corrected chi connectivity index (χ2v) is 35.6. The quantitative estimate of drug-likeness (QED) is 0.239. The van der Waals surface area contributed by atoms with Gasteiger partial charge < -0.3 is 14.5 Å². The zero-order valence-corrected chi connectivity index (χ0v) is 69.8. The summed E-state index contributed by atoms with van der Waals surface area (Å²) in [7, 11) is 0. The van der Waals surface area contributed by atoms with Gasteiger partial charge in [-0.15, -0.1) is 0 Å². The van der Waals surface area contributed by atoms with E-state index in [0.717, 1.165) is 85.3 Å². The van der Waals surface area contributed by atoms with E-state index in [1.54, 1.807) is 0 Å². The van der Waals surface area contributed by atoms with Crippen molar-refractivity contribution in [1.82, 2.24) is 44.2 Å². The minimum absolute atomic E-state index is 0. The highest BCUT2D eigenvalue weighted by Gasteiger charge is 2.37. The molecule has 8 aliphatic heterocycles. The molecule has 96 heavy (non-hydrogen) atoms. The molecule has 8 saturated heterocycles. The van der Waals surface area contributed by atoms with Gasteiger partial charge in [0.1, 0.15) is 0 Å². The minimum atomic E-state index is 0. The molecule has 0 bridgehead atoms. The number of pyridine rings is 1. The van der Waals surface area contributed by atoms with Crippen LogP contribution in [0.15, 0.2) is 12.4 Å². The van der Waals surface area contributed by atoms with Crippen molar-refractivity contribution in [3.8, 4) is 0 Å². The van der Waals surface area contributed by atoms with Crippen LogP contribution in [0.2, 0.25) is 0 Å². The number of ether oxygens (including phenoxy) is 1. The molecule has 10 rings (SSSR count). The Labute approximate surface area is 603 Å². The van der Waals surface area contributed by atoms with Crippen LogP contribution >= 0.6 is 0 Å². The van der Waals surface area contributed by atoms with Crippen molar-refractivity contribution < 1.29 is 4.74 Å². The fraction of sp³-hybridized carbons (Fsp3) is 0.942. The molecule has 1 saturated carbocycles. The molecule has 0 radical (unpaired) electrons. The summed E-state index contributed by atoms with van der Waals surface area (Å²) in [5, 5.41) is 0. The van der Waals surface area contributed by atoms with Gasteiger partial charge in [-0.25, -0.2) is 0 Å². The van der Waals surface area contributed by atoms with Gasteiger partial charge in [0.25, 0.3) is 0 Å². The lowest BCUT2D eigenvalue weighted by Crippen LogP contribution is -2.53. The zero-order chi connectivity index (χ0) is 71.9. The van der Waals surface area contributed by atoms with Crippen LogP contribution in [-0.4, -0.2) is 205 Å². The highest BCUT2D eigenvalue weighted by Crippen LogP contribution is 2.41. The highest BCUT2D eigenvalue weighted by molar-refractivity contribution is 5.32. The summed E-state index contributed by atoms with van der Waals surface area (Å²) >= 11 is 0. The SMILES string of the molecule is C.CC(C)N1CCCCC1.CC(C)N1CCCCC1(C)C.CC(C)N1CCCCC1C.CC(C)N1CCCC[C@H]1C.CC(C)N1CCCC[C@H]1C.CC(C)N1CC[C@@H](C2CC2)C1.CC(C)N1C[C@@H](C)O[C@@H](C)C1.CC1CCCC(C)N1C(C)(C)C.Cc1cncc(C)c1C(C)C. The summed E-state index contributed by atoms with van der Waals surface area (Å²) in [6.45, 7) is 81.3. The first-order valence-corrected chi connectivity index (χ1v) is 41.0. The van der Waals surface area contributed by atoms with Gasteiger partial charge in [-0.2, -0.15) is 0 Å². The zero-order valence-electron chi connectivity index (χ0n) is 69.8. The molecule has 10 nitrogen and oxygen atoms in total. The Morgan fingerprint density at radius 3 is 1.05 bits per heavy atom. The molecule has 570 valence electrons. The first-order valence-electron chi connectivity index (χ1n) is 41.0. The molecule has 1 aromatic rings. The van der Waals surface area contributed by atoms with Crippen LogP contribution in [0.5, 0.6) is 0 Å². The predicted molar refractivity (Wildman–Crippen MR) is 429 cm³/mol. The second kappa shape index (κ2) is 47.9. The monoisotopic (exact) mass is 1350 g/mol. The maximum absolute atomic E-state index is 5.62. The summed E-state index contributed by atoms with van der Waals surface area (Å²) in [5.41, 5.74) is 4.85. The van der Waals surface area contributed by atoms with Gasteiger partial charge in [-0.1, -0.05) is 59.8 Å². The normalized spacial score (nSPS) is 27.6.